The first-order valence-corrected chi connectivity index (χ1v) is 10.2. The molecule has 0 radical (unpaired) electrons. The van der Waals surface area contributed by atoms with E-state index in [1.54, 1.807) is 4.90 Å². The number of sulfonamides is 1. The van der Waals surface area contributed by atoms with Crippen molar-refractivity contribution < 1.29 is 17.6 Å². The van der Waals surface area contributed by atoms with Gasteiger partial charge in [0.05, 0.1) is 11.9 Å². The fourth-order valence-electron chi connectivity index (χ4n) is 3.36. The molecule has 1 amide bonds. The minimum atomic E-state index is -3.76. The van der Waals surface area contributed by atoms with Gasteiger partial charge in [-0.1, -0.05) is 30.3 Å². The second-order valence-corrected chi connectivity index (χ2v) is 8.35. The molecular weight excluding hydrogens is 355 g/mol. The van der Waals surface area contributed by atoms with Crippen LogP contribution < -0.4 is 4.31 Å². The Labute approximate surface area is 153 Å². The van der Waals surface area contributed by atoms with Crippen LogP contribution in [-0.2, 0) is 27.8 Å². The first kappa shape index (κ1) is 18.4. The van der Waals surface area contributed by atoms with Gasteiger partial charge in [0.15, 0.2) is 0 Å². The molecule has 26 heavy (non-hydrogen) atoms. The molecule has 0 aliphatic carbocycles. The van der Waals surface area contributed by atoms with Crippen LogP contribution in [-0.4, -0.2) is 38.1 Å². The van der Waals surface area contributed by atoms with E-state index in [-0.39, 0.29) is 11.6 Å². The van der Waals surface area contributed by atoms with Crippen LogP contribution in [0.25, 0.3) is 0 Å². The zero-order valence-electron chi connectivity index (χ0n) is 14.7. The number of anilines is 1. The standard InChI is InChI=1S/C19H21FN2O3S/c1-14(22(26(2,24)25)18-9-5-8-17(20)12-18)19(23)21-11-10-15-6-3-4-7-16(15)13-21/h3-9,12,14H,10-11,13H2,1-2H3. The smallest absolute Gasteiger partial charge is 0.246 e. The predicted molar refractivity (Wildman–Crippen MR) is 98.7 cm³/mol. The Morgan fingerprint density at radius 2 is 1.85 bits per heavy atom. The molecular formula is C19H21FN2O3S. The highest BCUT2D eigenvalue weighted by Crippen LogP contribution is 2.25. The molecule has 3 rings (SSSR count). The first-order valence-electron chi connectivity index (χ1n) is 8.38. The van der Waals surface area contributed by atoms with E-state index < -0.39 is 21.9 Å². The third-order valence-corrected chi connectivity index (χ3v) is 5.81. The molecule has 1 heterocycles. The van der Waals surface area contributed by atoms with Gasteiger partial charge in [-0.2, -0.15) is 0 Å². The number of hydrogen-bond donors (Lipinski definition) is 0. The third kappa shape index (κ3) is 3.72. The summed E-state index contributed by atoms with van der Waals surface area (Å²) < 4.78 is 39.2. The zero-order chi connectivity index (χ0) is 18.9. The number of rotatable bonds is 4. The number of nitrogens with zero attached hydrogens (tertiary/aromatic N) is 2. The van der Waals surface area contributed by atoms with E-state index in [1.165, 1.54) is 30.7 Å². The highest BCUT2D eigenvalue weighted by atomic mass is 32.2. The SMILES string of the molecule is CC(C(=O)N1CCc2ccccc2C1)N(c1cccc(F)c1)S(C)(=O)=O. The van der Waals surface area contributed by atoms with Gasteiger partial charge in [0.25, 0.3) is 0 Å². The van der Waals surface area contributed by atoms with Gasteiger partial charge < -0.3 is 4.90 Å². The van der Waals surface area contributed by atoms with Crippen LogP contribution in [0.5, 0.6) is 0 Å². The molecule has 1 atom stereocenters. The van der Waals surface area contributed by atoms with Gasteiger partial charge >= 0.3 is 0 Å². The van der Waals surface area contributed by atoms with Crippen molar-refractivity contribution in [1.82, 2.24) is 4.90 Å². The maximum absolute atomic E-state index is 13.6. The van der Waals surface area contributed by atoms with E-state index in [0.717, 1.165) is 28.6 Å². The Morgan fingerprint density at radius 3 is 2.50 bits per heavy atom. The Morgan fingerprint density at radius 1 is 1.15 bits per heavy atom. The molecule has 0 spiro atoms. The van der Waals surface area contributed by atoms with E-state index >= 15 is 0 Å². The van der Waals surface area contributed by atoms with E-state index in [4.69, 9.17) is 0 Å². The number of halogens is 1. The van der Waals surface area contributed by atoms with Crippen molar-refractivity contribution in [1.29, 1.82) is 0 Å². The van der Waals surface area contributed by atoms with E-state index in [1.807, 2.05) is 24.3 Å². The normalized spacial score (nSPS) is 15.3. The number of carbonyl (C=O) groups excluding carboxylic acids is 1. The monoisotopic (exact) mass is 376 g/mol. The number of fused-ring (bicyclic) bond motifs is 1. The minimum absolute atomic E-state index is 0.144. The lowest BCUT2D eigenvalue weighted by atomic mass is 9.99. The van der Waals surface area contributed by atoms with Gasteiger partial charge in [0.1, 0.15) is 11.9 Å². The second kappa shape index (κ2) is 7.07. The van der Waals surface area contributed by atoms with E-state index in [0.29, 0.717) is 13.1 Å². The summed E-state index contributed by atoms with van der Waals surface area (Å²) >= 11 is 0. The highest BCUT2D eigenvalue weighted by Gasteiger charge is 2.33. The van der Waals surface area contributed by atoms with E-state index in [2.05, 4.69) is 0 Å². The number of amides is 1. The molecule has 2 aromatic rings. The van der Waals surface area contributed by atoms with Gasteiger partial charge in [0, 0.05) is 13.1 Å². The summed E-state index contributed by atoms with van der Waals surface area (Å²) in [6.07, 6.45) is 1.75. The van der Waals surface area contributed by atoms with Gasteiger partial charge in [-0.15, -0.1) is 0 Å². The number of hydrogen-bond acceptors (Lipinski definition) is 3. The van der Waals surface area contributed by atoms with Crippen molar-refractivity contribution in [2.24, 2.45) is 0 Å². The average Bonchev–Trinajstić information content (AvgIpc) is 2.59. The van der Waals surface area contributed by atoms with Crippen molar-refractivity contribution in [3.05, 3.63) is 65.5 Å². The molecule has 0 fully saturated rings. The molecule has 5 nitrogen and oxygen atoms in total. The summed E-state index contributed by atoms with van der Waals surface area (Å²) in [5.74, 6) is -0.850. The molecule has 0 saturated carbocycles. The first-order chi connectivity index (χ1) is 12.3. The molecule has 2 aromatic carbocycles. The molecule has 0 aromatic heterocycles. The van der Waals surface area contributed by atoms with Crippen molar-refractivity contribution in [3.8, 4) is 0 Å². The third-order valence-electron chi connectivity index (χ3n) is 4.57. The summed E-state index contributed by atoms with van der Waals surface area (Å²) in [4.78, 5) is 14.6. The van der Waals surface area contributed by atoms with Crippen LogP contribution in [0.2, 0.25) is 0 Å². The van der Waals surface area contributed by atoms with Gasteiger partial charge in [-0.05, 0) is 42.7 Å². The largest absolute Gasteiger partial charge is 0.336 e. The lowest BCUT2D eigenvalue weighted by Crippen LogP contribution is -2.50. The van der Waals surface area contributed by atoms with Crippen LogP contribution in [0.1, 0.15) is 18.1 Å². The Kier molecular flexibility index (Phi) is 5.00. The van der Waals surface area contributed by atoms with E-state index in [9.17, 15) is 17.6 Å². The maximum atomic E-state index is 13.6. The summed E-state index contributed by atoms with van der Waals surface area (Å²) in [5, 5.41) is 0. The van der Waals surface area contributed by atoms with Gasteiger partial charge in [-0.3, -0.25) is 9.10 Å². The topological polar surface area (TPSA) is 57.7 Å². The van der Waals surface area contributed by atoms with Crippen LogP contribution in [0, 0.1) is 5.82 Å². The molecule has 0 saturated heterocycles. The number of carbonyl (C=O) groups is 1. The molecule has 7 heteroatoms. The molecule has 1 unspecified atom stereocenters. The molecule has 138 valence electrons. The Bertz CT molecular complexity index is 930. The quantitative estimate of drug-likeness (QED) is 0.824. The molecule has 0 bridgehead atoms. The number of benzene rings is 2. The van der Waals surface area contributed by atoms with Crippen molar-refractivity contribution in [2.45, 2.75) is 25.9 Å². The Hall–Kier alpha value is -2.41. The summed E-state index contributed by atoms with van der Waals surface area (Å²) in [6, 6.07) is 12.2. The zero-order valence-corrected chi connectivity index (χ0v) is 15.5. The maximum Gasteiger partial charge on any atom is 0.246 e. The lowest BCUT2D eigenvalue weighted by Gasteiger charge is -2.35. The van der Waals surface area contributed by atoms with Gasteiger partial charge in [-0.25, -0.2) is 12.8 Å². The van der Waals surface area contributed by atoms with Crippen LogP contribution >= 0.6 is 0 Å². The molecule has 1 aliphatic heterocycles. The summed E-state index contributed by atoms with van der Waals surface area (Å²) in [6.45, 7) is 2.51. The van der Waals surface area contributed by atoms with Crippen LogP contribution in [0.15, 0.2) is 48.5 Å². The van der Waals surface area contributed by atoms with Crippen molar-refractivity contribution in [3.63, 3.8) is 0 Å². The lowest BCUT2D eigenvalue weighted by molar-refractivity contribution is -0.132. The van der Waals surface area contributed by atoms with Gasteiger partial charge in [0.2, 0.25) is 15.9 Å². The summed E-state index contributed by atoms with van der Waals surface area (Å²) in [7, 11) is -3.76. The fourth-order valence-corrected chi connectivity index (χ4v) is 4.52. The predicted octanol–water partition coefficient (Wildman–Crippen LogP) is 2.57. The summed E-state index contributed by atoms with van der Waals surface area (Å²) in [5.41, 5.74) is 2.41. The fraction of sp³-hybridized carbons (Fsp3) is 0.316. The average molecular weight is 376 g/mol. The van der Waals surface area contributed by atoms with Crippen LogP contribution in [0.3, 0.4) is 0 Å². The van der Waals surface area contributed by atoms with Crippen LogP contribution in [0.4, 0.5) is 10.1 Å². The Balaban J connectivity index is 1.88. The molecule has 0 N–H and O–H groups in total. The molecule has 1 aliphatic rings. The highest BCUT2D eigenvalue weighted by molar-refractivity contribution is 7.92. The second-order valence-electron chi connectivity index (χ2n) is 6.49. The minimum Gasteiger partial charge on any atom is -0.336 e. The van der Waals surface area contributed by atoms with Crippen molar-refractivity contribution in [2.75, 3.05) is 17.1 Å². The van der Waals surface area contributed by atoms with Crippen molar-refractivity contribution >= 4 is 21.6 Å².